The molecule has 4 aromatic carbocycles. The molecule has 35 heavy (non-hydrogen) atoms. The molecule has 176 valence electrons. The van der Waals surface area contributed by atoms with Gasteiger partial charge in [-0.15, -0.1) is 0 Å². The largest absolute Gasteiger partial charge is 0.493 e. The van der Waals surface area contributed by atoms with E-state index in [2.05, 4.69) is 5.32 Å². The van der Waals surface area contributed by atoms with Crippen molar-refractivity contribution in [3.8, 4) is 11.5 Å². The standard InChI is InChI=1S/C28H24ClN3O3/c1-34-27-18-21(16-17-26(27)35-20-28(33)31-25-15-9-8-14-24(25)29)19-30-32(22-10-4-2-5-11-22)23-12-6-3-7-13-23/h2-19H,20H2,1H3,(H,31,33)/b30-19+. The van der Waals surface area contributed by atoms with Gasteiger partial charge in [0.05, 0.1) is 35.4 Å². The highest BCUT2D eigenvalue weighted by atomic mass is 35.5. The predicted octanol–water partition coefficient (Wildman–Crippen LogP) is 6.54. The number of carbonyl (C=O) groups excluding carboxylic acids is 1. The van der Waals surface area contributed by atoms with Gasteiger partial charge in [0.15, 0.2) is 18.1 Å². The van der Waals surface area contributed by atoms with Crippen molar-refractivity contribution in [3.05, 3.63) is 114 Å². The van der Waals surface area contributed by atoms with Crippen LogP contribution in [-0.2, 0) is 4.79 Å². The Kier molecular flexibility index (Phi) is 7.99. The summed E-state index contributed by atoms with van der Waals surface area (Å²) in [5.41, 5.74) is 3.21. The summed E-state index contributed by atoms with van der Waals surface area (Å²) in [6.45, 7) is -0.190. The van der Waals surface area contributed by atoms with Gasteiger partial charge in [-0.2, -0.15) is 5.10 Å². The Morgan fingerprint density at radius 1 is 0.886 bits per heavy atom. The number of anilines is 3. The number of hydrogen-bond acceptors (Lipinski definition) is 5. The van der Waals surface area contributed by atoms with E-state index in [1.165, 1.54) is 0 Å². The SMILES string of the molecule is COc1cc(/C=N/N(c2ccccc2)c2ccccc2)ccc1OCC(=O)Nc1ccccc1Cl. The predicted molar refractivity (Wildman–Crippen MR) is 141 cm³/mol. The number of hydrogen-bond donors (Lipinski definition) is 1. The van der Waals surface area contributed by atoms with E-state index in [0.29, 0.717) is 22.2 Å². The van der Waals surface area contributed by atoms with Crippen LogP contribution in [0.15, 0.2) is 108 Å². The van der Waals surface area contributed by atoms with Gasteiger partial charge < -0.3 is 14.8 Å². The molecule has 4 aromatic rings. The number of para-hydroxylation sites is 3. The molecule has 1 amide bonds. The molecule has 0 aliphatic heterocycles. The number of nitrogens with one attached hydrogen (secondary N) is 1. The molecule has 0 aliphatic rings. The van der Waals surface area contributed by atoms with Crippen LogP contribution >= 0.6 is 11.6 Å². The molecule has 1 N–H and O–H groups in total. The van der Waals surface area contributed by atoms with Gasteiger partial charge >= 0.3 is 0 Å². The van der Waals surface area contributed by atoms with E-state index in [0.717, 1.165) is 16.9 Å². The monoisotopic (exact) mass is 485 g/mol. The number of nitrogens with zero attached hydrogens (tertiary/aromatic N) is 2. The number of benzene rings is 4. The van der Waals surface area contributed by atoms with Crippen molar-refractivity contribution in [2.45, 2.75) is 0 Å². The summed E-state index contributed by atoms with van der Waals surface area (Å²) in [7, 11) is 1.55. The third-order valence-corrected chi connectivity index (χ3v) is 5.35. The number of ether oxygens (including phenoxy) is 2. The van der Waals surface area contributed by atoms with Crippen molar-refractivity contribution in [3.63, 3.8) is 0 Å². The second kappa shape index (κ2) is 11.7. The van der Waals surface area contributed by atoms with Crippen LogP contribution in [0.1, 0.15) is 5.56 Å². The molecule has 0 bridgehead atoms. The van der Waals surface area contributed by atoms with Crippen LogP contribution in [0.2, 0.25) is 5.02 Å². The van der Waals surface area contributed by atoms with Crippen molar-refractivity contribution in [2.24, 2.45) is 5.10 Å². The normalized spacial score (nSPS) is 10.7. The lowest BCUT2D eigenvalue weighted by Crippen LogP contribution is -2.20. The Bertz CT molecular complexity index is 1260. The molecule has 0 heterocycles. The zero-order valence-electron chi connectivity index (χ0n) is 19.1. The van der Waals surface area contributed by atoms with Gasteiger partial charge in [-0.3, -0.25) is 4.79 Å². The maximum absolute atomic E-state index is 12.3. The van der Waals surface area contributed by atoms with Crippen LogP contribution < -0.4 is 19.8 Å². The Hall–Kier alpha value is -4.29. The lowest BCUT2D eigenvalue weighted by atomic mass is 10.2. The average Bonchev–Trinajstić information content (AvgIpc) is 2.90. The van der Waals surface area contributed by atoms with Crippen molar-refractivity contribution in [1.29, 1.82) is 0 Å². The van der Waals surface area contributed by atoms with Crippen molar-refractivity contribution >= 4 is 40.8 Å². The van der Waals surface area contributed by atoms with E-state index in [9.17, 15) is 4.79 Å². The Balaban J connectivity index is 1.47. The molecule has 0 fully saturated rings. The molecule has 0 saturated carbocycles. The van der Waals surface area contributed by atoms with Gasteiger partial charge in [0, 0.05) is 0 Å². The Morgan fingerprint density at radius 3 is 2.14 bits per heavy atom. The molecular weight excluding hydrogens is 462 g/mol. The van der Waals surface area contributed by atoms with Crippen LogP contribution in [0.3, 0.4) is 0 Å². The van der Waals surface area contributed by atoms with Crippen LogP contribution in [0.4, 0.5) is 17.1 Å². The average molecular weight is 486 g/mol. The highest BCUT2D eigenvalue weighted by molar-refractivity contribution is 6.33. The molecule has 6 nitrogen and oxygen atoms in total. The van der Waals surface area contributed by atoms with E-state index < -0.39 is 0 Å². The van der Waals surface area contributed by atoms with Crippen molar-refractivity contribution < 1.29 is 14.3 Å². The highest BCUT2D eigenvalue weighted by Crippen LogP contribution is 2.29. The van der Waals surface area contributed by atoms with Crippen molar-refractivity contribution in [2.75, 3.05) is 24.0 Å². The number of methoxy groups -OCH3 is 1. The molecule has 0 saturated heterocycles. The Labute approximate surface area is 209 Å². The van der Waals surface area contributed by atoms with E-state index in [-0.39, 0.29) is 12.5 Å². The maximum atomic E-state index is 12.3. The van der Waals surface area contributed by atoms with Crippen LogP contribution in [0.25, 0.3) is 0 Å². The first-order chi connectivity index (χ1) is 17.1. The van der Waals surface area contributed by atoms with Gasteiger partial charge in [0.2, 0.25) is 0 Å². The zero-order valence-corrected chi connectivity index (χ0v) is 19.9. The maximum Gasteiger partial charge on any atom is 0.262 e. The lowest BCUT2D eigenvalue weighted by molar-refractivity contribution is -0.118. The molecular formula is C28H24ClN3O3. The summed E-state index contributed by atoms with van der Waals surface area (Å²) >= 11 is 6.09. The molecule has 0 unspecified atom stereocenters. The van der Waals surface area contributed by atoms with Crippen molar-refractivity contribution in [1.82, 2.24) is 0 Å². The fraction of sp³-hybridized carbons (Fsp3) is 0.0714. The van der Waals surface area contributed by atoms with Crippen LogP contribution in [-0.4, -0.2) is 25.8 Å². The zero-order chi connectivity index (χ0) is 24.5. The van der Waals surface area contributed by atoms with Gasteiger partial charge in [-0.1, -0.05) is 60.1 Å². The minimum Gasteiger partial charge on any atom is -0.493 e. The minimum absolute atomic E-state index is 0.190. The fourth-order valence-corrected chi connectivity index (χ4v) is 3.50. The number of halogens is 1. The lowest BCUT2D eigenvalue weighted by Gasteiger charge is -2.19. The van der Waals surface area contributed by atoms with Crippen LogP contribution in [0.5, 0.6) is 11.5 Å². The van der Waals surface area contributed by atoms with Crippen LogP contribution in [0, 0.1) is 0 Å². The molecule has 4 rings (SSSR count). The first kappa shape index (κ1) is 23.9. The molecule has 0 atom stereocenters. The summed E-state index contributed by atoms with van der Waals surface area (Å²) < 4.78 is 11.2. The smallest absolute Gasteiger partial charge is 0.262 e. The summed E-state index contributed by atoms with van der Waals surface area (Å²) in [5.74, 6) is 0.611. The highest BCUT2D eigenvalue weighted by Gasteiger charge is 2.11. The first-order valence-electron chi connectivity index (χ1n) is 10.9. The summed E-state index contributed by atoms with van der Waals surface area (Å²) in [5, 5.41) is 9.75. The van der Waals surface area contributed by atoms with E-state index >= 15 is 0 Å². The van der Waals surface area contributed by atoms with Gasteiger partial charge in [-0.25, -0.2) is 5.01 Å². The molecule has 0 spiro atoms. The summed E-state index contributed by atoms with van der Waals surface area (Å²) in [6.07, 6.45) is 1.75. The second-order valence-electron chi connectivity index (χ2n) is 7.45. The number of amides is 1. The molecule has 7 heteroatoms. The number of hydrazone groups is 1. The quantitative estimate of drug-likeness (QED) is 0.216. The fourth-order valence-electron chi connectivity index (χ4n) is 3.32. The number of rotatable bonds is 9. The first-order valence-corrected chi connectivity index (χ1v) is 11.3. The van der Waals surface area contributed by atoms with E-state index in [4.69, 9.17) is 26.2 Å². The van der Waals surface area contributed by atoms with Gasteiger partial charge in [0.25, 0.3) is 5.91 Å². The number of carbonyl (C=O) groups is 1. The molecule has 0 aromatic heterocycles. The Morgan fingerprint density at radius 2 is 1.51 bits per heavy atom. The third-order valence-electron chi connectivity index (χ3n) is 5.02. The van der Waals surface area contributed by atoms with E-state index in [1.807, 2.05) is 71.7 Å². The van der Waals surface area contributed by atoms with Gasteiger partial charge in [-0.05, 0) is 60.2 Å². The topological polar surface area (TPSA) is 63.2 Å². The second-order valence-corrected chi connectivity index (χ2v) is 7.86. The molecule has 0 aliphatic carbocycles. The van der Waals surface area contributed by atoms with E-state index in [1.54, 1.807) is 49.7 Å². The summed E-state index contributed by atoms with van der Waals surface area (Å²) in [4.78, 5) is 12.3. The third kappa shape index (κ3) is 6.40. The minimum atomic E-state index is -0.327. The summed E-state index contributed by atoms with van der Waals surface area (Å²) in [6, 6.07) is 32.2. The molecule has 0 radical (unpaired) electrons. The van der Waals surface area contributed by atoms with Gasteiger partial charge in [0.1, 0.15) is 0 Å².